The average molecular weight is 1170 g/mol. The molecule has 6 aliphatic heterocycles. The summed E-state index contributed by atoms with van der Waals surface area (Å²) in [5, 5.41) is 200. The molecule has 0 aromatic heterocycles. The number of aliphatic hydroxyl groups is 18. The van der Waals surface area contributed by atoms with Crippen molar-refractivity contribution in [3.8, 4) is 0 Å². The number of amides is 3. The number of carbonyl (C=O) groups excluding carboxylic acids is 3. The third-order valence-electron chi connectivity index (χ3n) is 14.2. The molecule has 0 spiro atoms. The van der Waals surface area contributed by atoms with E-state index in [4.69, 9.17) is 56.8 Å². The van der Waals surface area contributed by atoms with Crippen molar-refractivity contribution < 1.29 is 163 Å². The predicted octanol–water partition coefficient (Wildman–Crippen LogP) is -14.7. The van der Waals surface area contributed by atoms with Gasteiger partial charge in [0.15, 0.2) is 37.7 Å². The van der Waals surface area contributed by atoms with Crippen LogP contribution in [0.25, 0.3) is 0 Å². The summed E-state index contributed by atoms with van der Waals surface area (Å²) in [4.78, 5) is 36.4. The number of nitrogens with one attached hydrogen (secondary N) is 3. The lowest BCUT2D eigenvalue weighted by Crippen LogP contribution is -2.70. The molecule has 464 valence electrons. The minimum atomic E-state index is -2.32. The van der Waals surface area contributed by atoms with Crippen LogP contribution >= 0.6 is 0 Å². The van der Waals surface area contributed by atoms with Gasteiger partial charge in [-0.2, -0.15) is 0 Å². The molecule has 6 fully saturated rings. The second-order valence-electron chi connectivity index (χ2n) is 19.7. The van der Waals surface area contributed by atoms with E-state index in [1.54, 1.807) is 0 Å². The van der Waals surface area contributed by atoms with Crippen molar-refractivity contribution >= 4 is 18.2 Å². The maximum Gasteiger partial charge on any atom is 0.217 e. The van der Waals surface area contributed by atoms with Crippen LogP contribution in [0.1, 0.15) is 13.8 Å². The Balaban J connectivity index is 1.31. The molecule has 36 heteroatoms. The highest BCUT2D eigenvalue weighted by Gasteiger charge is 2.58. The fourth-order valence-corrected chi connectivity index (χ4v) is 9.80. The van der Waals surface area contributed by atoms with Crippen LogP contribution in [0, 0.1) is 0 Å². The van der Waals surface area contributed by atoms with E-state index in [1.807, 2.05) is 0 Å². The zero-order valence-electron chi connectivity index (χ0n) is 42.8. The van der Waals surface area contributed by atoms with Gasteiger partial charge in [-0.05, 0) is 0 Å². The van der Waals surface area contributed by atoms with Gasteiger partial charge in [-0.3, -0.25) is 14.4 Å². The topological polar surface area (TPSA) is 562 Å². The number of hydrogen-bond donors (Lipinski definition) is 21. The molecule has 6 heterocycles. The normalized spacial score (nSPS) is 46.8. The lowest BCUT2D eigenvalue weighted by molar-refractivity contribution is -0.384. The summed E-state index contributed by atoms with van der Waals surface area (Å²) in [6.07, 6.45) is -53.6. The van der Waals surface area contributed by atoms with Crippen molar-refractivity contribution in [2.45, 2.75) is 204 Å². The summed E-state index contributed by atoms with van der Waals surface area (Å²) in [6.45, 7) is -4.92. The molecule has 0 aromatic carbocycles. The molecule has 6 rings (SSSR count). The molecule has 80 heavy (non-hydrogen) atoms. The van der Waals surface area contributed by atoms with Crippen LogP contribution in [-0.2, 0) is 71.2 Å². The highest BCUT2D eigenvalue weighted by Crippen LogP contribution is 2.36. The summed E-state index contributed by atoms with van der Waals surface area (Å²) in [5.41, 5.74) is 0. The summed E-state index contributed by atoms with van der Waals surface area (Å²) >= 11 is 0. The fourth-order valence-electron chi connectivity index (χ4n) is 9.80. The number of aliphatic hydroxyl groups excluding tert-OH is 18. The molecule has 0 bridgehead atoms. The Bertz CT molecular complexity index is 1920. The quantitative estimate of drug-likeness (QED) is 0.0399. The van der Waals surface area contributed by atoms with Crippen LogP contribution in [0.15, 0.2) is 0 Å². The van der Waals surface area contributed by atoms with Gasteiger partial charge in [0.1, 0.15) is 146 Å². The summed E-state index contributed by atoms with van der Waals surface area (Å²) < 4.78 is 69.3. The highest BCUT2D eigenvalue weighted by atomic mass is 16.8. The van der Waals surface area contributed by atoms with E-state index in [0.717, 1.165) is 13.8 Å². The molecule has 0 aliphatic carbocycles. The third-order valence-corrected chi connectivity index (χ3v) is 14.2. The Morgan fingerprint density at radius 2 is 0.812 bits per heavy atom. The number of rotatable bonds is 24. The van der Waals surface area contributed by atoms with Gasteiger partial charge in [-0.1, -0.05) is 0 Å². The molecule has 0 unspecified atom stereocenters. The first kappa shape index (κ1) is 66.4. The molecule has 0 radical (unpaired) electrons. The summed E-state index contributed by atoms with van der Waals surface area (Å²) in [5.74, 6) is -1.71. The van der Waals surface area contributed by atoms with Crippen molar-refractivity contribution in [3.05, 3.63) is 0 Å². The SMILES string of the molecule is CC(=O)N[C@H]1[C@H](OC[C@H]2O[C@@H](O[C@H]3[C@H](O)[C@@H](O)[C@H](OC[C@@H](CO)NC=O)O[C@@H]3CO)[C@H](O)[C@@H](O[C@@H]3O[C@H](CO)[C@@H](O)[C@H](O[C@@H]4O[C@H](CO)[C@H](O)[C@H](O)[C@H]4O)[C@H]3NC(C)=O)[C@H]2O)O[C@H](CO)[C@@H](O[C@@H]2O[C@H](CO)[C@H](O)[C@H](O)[C@H]2O)[C@@H]1O. The van der Waals surface area contributed by atoms with E-state index < -0.39 is 255 Å². The number of ether oxygens (including phenoxy) is 12. The maximum atomic E-state index is 12.8. The summed E-state index contributed by atoms with van der Waals surface area (Å²) in [6, 6.07) is -4.54. The fraction of sp³-hybridized carbons (Fsp3) is 0.932. The van der Waals surface area contributed by atoms with Crippen molar-refractivity contribution in [3.63, 3.8) is 0 Å². The molecular weight excluding hydrogens is 1100 g/mol. The van der Waals surface area contributed by atoms with Crippen LogP contribution in [0.3, 0.4) is 0 Å². The largest absolute Gasteiger partial charge is 0.394 e. The summed E-state index contributed by atoms with van der Waals surface area (Å²) in [7, 11) is 0. The molecule has 0 saturated carbocycles. The first-order valence-electron chi connectivity index (χ1n) is 25.3. The minimum absolute atomic E-state index is 0.255. The van der Waals surface area contributed by atoms with Gasteiger partial charge < -0.3 is 165 Å². The molecular formula is C44H75N3O33. The lowest BCUT2D eigenvalue weighted by atomic mass is 9.94. The number of carbonyl (C=O) groups is 3. The van der Waals surface area contributed by atoms with Crippen LogP contribution in [0.4, 0.5) is 0 Å². The van der Waals surface area contributed by atoms with Gasteiger partial charge in [0.05, 0.1) is 58.9 Å². The Labute approximate surface area is 453 Å². The second-order valence-corrected chi connectivity index (χ2v) is 19.7. The van der Waals surface area contributed by atoms with E-state index in [2.05, 4.69) is 16.0 Å². The zero-order chi connectivity index (χ0) is 59.0. The Kier molecular flexibility index (Phi) is 24.7. The lowest BCUT2D eigenvalue weighted by Gasteiger charge is -2.50. The van der Waals surface area contributed by atoms with Crippen LogP contribution in [-0.4, -0.2) is 353 Å². The van der Waals surface area contributed by atoms with Crippen molar-refractivity contribution in [2.24, 2.45) is 0 Å². The Morgan fingerprint density at radius 1 is 0.412 bits per heavy atom. The van der Waals surface area contributed by atoms with E-state index >= 15 is 0 Å². The highest BCUT2D eigenvalue weighted by molar-refractivity contribution is 5.73. The monoisotopic (exact) mass is 1170 g/mol. The van der Waals surface area contributed by atoms with Gasteiger partial charge >= 0.3 is 0 Å². The van der Waals surface area contributed by atoms with Gasteiger partial charge in [-0.25, -0.2) is 0 Å². The number of hydrogen-bond acceptors (Lipinski definition) is 33. The van der Waals surface area contributed by atoms with E-state index in [1.165, 1.54) is 0 Å². The third kappa shape index (κ3) is 15.0. The predicted molar refractivity (Wildman–Crippen MR) is 246 cm³/mol. The van der Waals surface area contributed by atoms with Gasteiger partial charge in [0, 0.05) is 13.8 Å². The van der Waals surface area contributed by atoms with Crippen molar-refractivity contribution in [1.29, 1.82) is 0 Å². The van der Waals surface area contributed by atoms with E-state index in [9.17, 15) is 106 Å². The molecule has 6 saturated heterocycles. The minimum Gasteiger partial charge on any atom is -0.394 e. The smallest absolute Gasteiger partial charge is 0.217 e. The molecule has 0 aromatic rings. The Hall–Kier alpha value is -2.79. The first-order valence-corrected chi connectivity index (χ1v) is 25.3. The average Bonchev–Trinajstić information content (AvgIpc) is 3.46. The van der Waals surface area contributed by atoms with Crippen LogP contribution in [0.2, 0.25) is 0 Å². The molecule has 3 amide bonds. The molecule has 31 atom stereocenters. The second kappa shape index (κ2) is 29.8. The maximum absolute atomic E-state index is 12.8. The van der Waals surface area contributed by atoms with E-state index in [0.29, 0.717) is 0 Å². The van der Waals surface area contributed by atoms with Crippen LogP contribution < -0.4 is 16.0 Å². The van der Waals surface area contributed by atoms with Gasteiger partial charge in [0.25, 0.3) is 0 Å². The van der Waals surface area contributed by atoms with E-state index in [-0.39, 0.29) is 6.41 Å². The standard InChI is InChI=1S/C44H75N3O33/c1-12(55)46-21-27(61)35(77-42-31(65)28(62)23(57)15(4-49)72-42)18(7-52)74-39(21)70-10-20-26(60)38(34(68)44(76-20)78-36-19(8-53)75-41(33(67)30(36)64)69-9-14(3-48)45-11-54)80-40-22(47-13(2)56)37(25(59)17(6-51)71-40)79-43-32(66)29(63)24(58)16(5-50)73-43/h11,14-44,48-53,57-68H,3-10H2,1-2H3,(H,45,54)(H,46,55)(H,47,56)/t14-,15-,16-,17-,18-,19-,20-,21-,22-,23+,24+,25-,26+,27-,28+,29+,30-,31-,32-,33-,34-,35-,36-,37-,38+,39-,40+,41-,42+,43+,44+/m1/s1. The molecule has 21 N–H and O–H groups in total. The van der Waals surface area contributed by atoms with Crippen molar-refractivity contribution in [2.75, 3.05) is 52.9 Å². The van der Waals surface area contributed by atoms with Gasteiger partial charge in [0.2, 0.25) is 18.2 Å². The molecule has 6 aliphatic rings. The van der Waals surface area contributed by atoms with Gasteiger partial charge in [-0.15, -0.1) is 0 Å². The zero-order valence-corrected chi connectivity index (χ0v) is 42.8. The Morgan fingerprint density at radius 3 is 1.31 bits per heavy atom. The van der Waals surface area contributed by atoms with Crippen molar-refractivity contribution in [1.82, 2.24) is 16.0 Å². The van der Waals surface area contributed by atoms with Crippen LogP contribution in [0.5, 0.6) is 0 Å². The first-order chi connectivity index (χ1) is 38.0. The molecule has 36 nitrogen and oxygen atoms in total.